The zero-order chi connectivity index (χ0) is 14.8. The van der Waals surface area contributed by atoms with E-state index in [1.807, 2.05) is 32.0 Å². The smallest absolute Gasteiger partial charge is 0.253 e. The maximum Gasteiger partial charge on any atom is 0.337 e. The van der Waals surface area contributed by atoms with Gasteiger partial charge in [-0.1, -0.05) is 43.7 Å². The van der Waals surface area contributed by atoms with E-state index in [2.05, 4.69) is 24.2 Å². The monoisotopic (exact) mass is 292 g/mol. The number of benzene rings is 1. The maximum atomic E-state index is 11.6. The summed E-state index contributed by atoms with van der Waals surface area (Å²) in [5.41, 5.74) is 1.81. The molecule has 3 nitrogen and oxygen atoms in total. The first kappa shape index (κ1) is 15.0. The molecule has 1 aliphatic rings. The van der Waals surface area contributed by atoms with Gasteiger partial charge in [-0.2, -0.15) is 5.10 Å². The van der Waals surface area contributed by atoms with Crippen LogP contribution >= 0.6 is 11.6 Å². The number of unbranched alkanes of at least 4 members (excludes halogenated alkanes) is 1. The molecule has 1 atom stereocenters. The van der Waals surface area contributed by atoms with E-state index in [0.717, 1.165) is 25.0 Å². The van der Waals surface area contributed by atoms with Crippen LogP contribution in [0.1, 0.15) is 51.5 Å². The maximum absolute atomic E-state index is 11.6. The molecular formula is C16H21ClN2O. The molecule has 0 N–H and O–H groups in total. The van der Waals surface area contributed by atoms with Gasteiger partial charge in [0.15, 0.2) is 0 Å². The molecule has 1 amide bonds. The van der Waals surface area contributed by atoms with Gasteiger partial charge in [0.2, 0.25) is 0 Å². The lowest BCUT2D eigenvalue weighted by atomic mass is 9.78. The molecule has 0 aromatic heterocycles. The van der Waals surface area contributed by atoms with Gasteiger partial charge in [-0.3, -0.25) is 4.79 Å². The summed E-state index contributed by atoms with van der Waals surface area (Å²) in [5, 5.41) is 5.42. The number of amides is 1. The van der Waals surface area contributed by atoms with Crippen molar-refractivity contribution in [2.75, 3.05) is 0 Å². The average Bonchev–Trinajstić information content (AvgIpc) is 2.68. The van der Waals surface area contributed by atoms with Crippen LogP contribution in [0, 0.1) is 0 Å². The van der Waals surface area contributed by atoms with E-state index in [1.165, 1.54) is 10.6 Å². The van der Waals surface area contributed by atoms with Crippen molar-refractivity contribution in [1.29, 1.82) is 0 Å². The Bertz CT molecular complexity index is 510. The van der Waals surface area contributed by atoms with Crippen LogP contribution in [0.2, 0.25) is 0 Å². The molecule has 0 saturated carbocycles. The Morgan fingerprint density at radius 1 is 1.35 bits per heavy atom. The third kappa shape index (κ3) is 2.73. The Morgan fingerprint density at radius 3 is 2.55 bits per heavy atom. The van der Waals surface area contributed by atoms with Gasteiger partial charge < -0.3 is 0 Å². The van der Waals surface area contributed by atoms with Crippen molar-refractivity contribution in [2.45, 2.75) is 51.5 Å². The first-order chi connectivity index (χ1) is 9.48. The molecule has 20 heavy (non-hydrogen) atoms. The van der Waals surface area contributed by atoms with Crippen molar-refractivity contribution >= 4 is 22.7 Å². The van der Waals surface area contributed by atoms with Crippen LogP contribution in [0.5, 0.6) is 0 Å². The molecule has 0 aliphatic carbocycles. The van der Waals surface area contributed by atoms with Gasteiger partial charge in [0.25, 0.3) is 0 Å². The quantitative estimate of drug-likeness (QED) is 0.581. The molecule has 0 fully saturated rings. The number of hydrazone groups is 1. The van der Waals surface area contributed by atoms with Crippen LogP contribution in [0.3, 0.4) is 0 Å². The highest BCUT2D eigenvalue weighted by Crippen LogP contribution is 2.41. The van der Waals surface area contributed by atoms with E-state index >= 15 is 0 Å². The third-order valence-electron chi connectivity index (χ3n) is 3.90. The van der Waals surface area contributed by atoms with E-state index in [-0.39, 0.29) is 5.92 Å². The number of nitrogens with zero attached hydrogens (tertiary/aromatic N) is 2. The van der Waals surface area contributed by atoms with Gasteiger partial charge in [-0.05, 0) is 43.9 Å². The molecule has 1 aliphatic heterocycles. The Morgan fingerprint density at radius 2 is 2.00 bits per heavy atom. The van der Waals surface area contributed by atoms with Crippen LogP contribution in [0.25, 0.3) is 0 Å². The van der Waals surface area contributed by atoms with Gasteiger partial charge in [-0.15, -0.1) is 0 Å². The van der Waals surface area contributed by atoms with Crippen molar-refractivity contribution in [1.82, 2.24) is 5.01 Å². The summed E-state index contributed by atoms with van der Waals surface area (Å²) < 4.78 is 0. The third-order valence-corrected chi connectivity index (χ3v) is 4.06. The van der Waals surface area contributed by atoms with Gasteiger partial charge in [0, 0.05) is 11.6 Å². The molecule has 2 rings (SSSR count). The Hall–Kier alpha value is -1.35. The minimum Gasteiger partial charge on any atom is -0.253 e. The minimum atomic E-state index is -0.512. The summed E-state index contributed by atoms with van der Waals surface area (Å²) >= 11 is 5.70. The van der Waals surface area contributed by atoms with E-state index in [9.17, 15) is 4.79 Å². The SMILES string of the molecule is CCCCC1=NN(C(=O)Cl)C(C)(C)C1c1ccccc1. The fraction of sp³-hybridized carbons (Fsp3) is 0.500. The Labute approximate surface area is 125 Å². The minimum absolute atomic E-state index is 0.109. The van der Waals surface area contributed by atoms with Gasteiger partial charge in [0.05, 0.1) is 5.54 Å². The molecular weight excluding hydrogens is 272 g/mol. The number of hydrogen-bond donors (Lipinski definition) is 0. The second-order valence-corrected chi connectivity index (χ2v) is 6.08. The zero-order valence-electron chi connectivity index (χ0n) is 12.3. The normalized spacial score (nSPS) is 20.9. The molecule has 0 radical (unpaired) electrons. The van der Waals surface area contributed by atoms with Gasteiger partial charge in [0.1, 0.15) is 0 Å². The molecule has 1 aromatic rings. The topological polar surface area (TPSA) is 32.7 Å². The summed E-state index contributed by atoms with van der Waals surface area (Å²) in [6, 6.07) is 10.2. The van der Waals surface area contributed by atoms with Crippen LogP contribution in [-0.4, -0.2) is 21.6 Å². The van der Waals surface area contributed by atoms with Crippen molar-refractivity contribution in [3.8, 4) is 0 Å². The molecule has 0 saturated heterocycles. The van der Waals surface area contributed by atoms with Crippen LogP contribution in [0.15, 0.2) is 35.4 Å². The largest absolute Gasteiger partial charge is 0.337 e. The van der Waals surface area contributed by atoms with E-state index < -0.39 is 10.9 Å². The first-order valence-electron chi connectivity index (χ1n) is 7.10. The highest BCUT2D eigenvalue weighted by molar-refractivity contribution is 6.63. The number of rotatable bonds is 4. The van der Waals surface area contributed by atoms with Crippen molar-refractivity contribution in [3.05, 3.63) is 35.9 Å². The lowest BCUT2D eigenvalue weighted by molar-refractivity contribution is 0.167. The highest BCUT2D eigenvalue weighted by Gasteiger charge is 2.46. The fourth-order valence-corrected chi connectivity index (χ4v) is 3.16. The second kappa shape index (κ2) is 5.96. The molecule has 4 heteroatoms. The van der Waals surface area contributed by atoms with Crippen LogP contribution in [0.4, 0.5) is 4.79 Å². The molecule has 1 unspecified atom stereocenters. The van der Waals surface area contributed by atoms with Crippen molar-refractivity contribution < 1.29 is 4.79 Å². The summed E-state index contributed by atoms with van der Waals surface area (Å²) in [5.74, 6) is 0.109. The number of halogens is 1. The second-order valence-electron chi connectivity index (χ2n) is 5.76. The van der Waals surface area contributed by atoms with E-state index in [0.29, 0.717) is 0 Å². The first-order valence-corrected chi connectivity index (χ1v) is 7.48. The number of carbonyl (C=O) groups excluding carboxylic acids is 1. The standard InChI is InChI=1S/C16H21ClN2O/c1-4-5-11-13-14(12-9-7-6-8-10-12)16(2,3)19(18-13)15(17)20/h6-10,14H,4-5,11H2,1-3H3. The fourth-order valence-electron chi connectivity index (χ4n) is 2.91. The molecule has 108 valence electrons. The molecule has 1 aromatic carbocycles. The van der Waals surface area contributed by atoms with Gasteiger partial charge >= 0.3 is 5.37 Å². The predicted octanol–water partition coefficient (Wildman–Crippen LogP) is 4.77. The predicted molar refractivity (Wildman–Crippen MR) is 83.3 cm³/mol. The molecule has 0 spiro atoms. The number of hydrogen-bond acceptors (Lipinski definition) is 2. The van der Waals surface area contributed by atoms with Crippen molar-refractivity contribution in [3.63, 3.8) is 0 Å². The van der Waals surface area contributed by atoms with Gasteiger partial charge in [-0.25, -0.2) is 5.01 Å². The van der Waals surface area contributed by atoms with Crippen LogP contribution in [-0.2, 0) is 0 Å². The highest BCUT2D eigenvalue weighted by atomic mass is 35.5. The zero-order valence-corrected chi connectivity index (χ0v) is 13.0. The van der Waals surface area contributed by atoms with Crippen molar-refractivity contribution in [2.24, 2.45) is 5.10 Å². The summed E-state index contributed by atoms with van der Waals surface area (Å²) in [4.78, 5) is 11.6. The molecule has 1 heterocycles. The molecule has 0 bridgehead atoms. The Balaban J connectivity index is 2.40. The lowest BCUT2D eigenvalue weighted by Crippen LogP contribution is -2.43. The summed E-state index contributed by atoms with van der Waals surface area (Å²) in [6.07, 6.45) is 3.08. The lowest BCUT2D eigenvalue weighted by Gasteiger charge is -2.33. The Kier molecular flexibility index (Phi) is 4.48. The van der Waals surface area contributed by atoms with E-state index in [4.69, 9.17) is 11.6 Å². The number of carbonyl (C=O) groups is 1. The van der Waals surface area contributed by atoms with E-state index in [1.54, 1.807) is 0 Å². The average molecular weight is 293 g/mol. The van der Waals surface area contributed by atoms with Crippen LogP contribution < -0.4 is 0 Å². The summed E-state index contributed by atoms with van der Waals surface area (Å²) in [7, 11) is 0. The summed E-state index contributed by atoms with van der Waals surface area (Å²) in [6.45, 7) is 6.20.